The van der Waals surface area contributed by atoms with Gasteiger partial charge >= 0.3 is 0 Å². The number of epoxide rings is 1. The average molecular weight is 168 g/mol. The minimum absolute atomic E-state index is 0.624. The summed E-state index contributed by atoms with van der Waals surface area (Å²) in [6.45, 7) is 4.13. The van der Waals surface area contributed by atoms with Gasteiger partial charge in [0.05, 0.1) is 12.2 Å². The maximum absolute atomic E-state index is 5.47. The van der Waals surface area contributed by atoms with E-state index < -0.39 is 0 Å². The summed E-state index contributed by atoms with van der Waals surface area (Å²) >= 11 is 0. The van der Waals surface area contributed by atoms with Crippen molar-refractivity contribution in [2.75, 3.05) is 0 Å². The number of hydrogen-bond acceptors (Lipinski definition) is 1. The van der Waals surface area contributed by atoms with Crippen molar-refractivity contribution >= 4 is 10.2 Å². The molecule has 62 valence electrons. The van der Waals surface area contributed by atoms with Gasteiger partial charge in [-0.3, -0.25) is 0 Å². The molecule has 2 aliphatic rings. The fourth-order valence-electron chi connectivity index (χ4n) is 2.06. The first-order valence-electron chi connectivity index (χ1n) is 4.64. The molecular formula is C9H16OSi. The van der Waals surface area contributed by atoms with E-state index in [1.807, 2.05) is 0 Å². The summed E-state index contributed by atoms with van der Waals surface area (Å²) in [6.07, 6.45) is 5.16. The highest BCUT2D eigenvalue weighted by Gasteiger charge is 2.43. The van der Waals surface area contributed by atoms with E-state index in [0.29, 0.717) is 12.2 Å². The Labute approximate surface area is 71.2 Å². The van der Waals surface area contributed by atoms with Gasteiger partial charge in [0.1, 0.15) is 0 Å². The first kappa shape index (κ1) is 7.56. The molecule has 0 aromatic rings. The van der Waals surface area contributed by atoms with Crippen LogP contribution in [0, 0.1) is 5.92 Å². The molecular weight excluding hydrogens is 152 g/mol. The fourth-order valence-corrected chi connectivity index (χ4v) is 2.64. The third kappa shape index (κ3) is 1.42. The topological polar surface area (TPSA) is 12.5 Å². The largest absolute Gasteiger partial charge is 0.370 e. The second kappa shape index (κ2) is 2.76. The molecule has 1 saturated heterocycles. The van der Waals surface area contributed by atoms with Gasteiger partial charge in [0, 0.05) is 10.2 Å². The molecule has 0 aromatic heterocycles. The summed E-state index contributed by atoms with van der Waals surface area (Å²) in [7, 11) is 1.27. The quantitative estimate of drug-likeness (QED) is 0.339. The molecule has 2 heteroatoms. The van der Waals surface area contributed by atoms with Crippen molar-refractivity contribution in [1.29, 1.82) is 0 Å². The molecule has 2 rings (SSSR count). The molecule has 3 unspecified atom stereocenters. The normalized spacial score (nSPS) is 41.6. The van der Waals surface area contributed by atoms with E-state index in [-0.39, 0.29) is 0 Å². The van der Waals surface area contributed by atoms with Crippen molar-refractivity contribution in [2.24, 2.45) is 5.92 Å². The first-order valence-corrected chi connectivity index (χ1v) is 6.05. The second-order valence-corrected chi connectivity index (χ2v) is 4.44. The summed E-state index contributed by atoms with van der Waals surface area (Å²) in [4.78, 5) is 0. The molecule has 1 heterocycles. The van der Waals surface area contributed by atoms with E-state index in [1.54, 1.807) is 0 Å². The van der Waals surface area contributed by atoms with Gasteiger partial charge in [0.2, 0.25) is 0 Å². The lowest BCUT2D eigenvalue weighted by Crippen LogP contribution is -2.14. The minimum Gasteiger partial charge on any atom is -0.370 e. The van der Waals surface area contributed by atoms with Gasteiger partial charge in [-0.25, -0.2) is 0 Å². The highest BCUT2D eigenvalue weighted by Crippen LogP contribution is 2.42. The lowest BCUT2D eigenvalue weighted by Gasteiger charge is -2.20. The van der Waals surface area contributed by atoms with E-state index in [2.05, 4.69) is 6.58 Å². The third-order valence-corrected chi connectivity index (χ3v) is 3.94. The predicted molar refractivity (Wildman–Crippen MR) is 49.9 cm³/mol. The Morgan fingerprint density at radius 2 is 2.27 bits per heavy atom. The monoisotopic (exact) mass is 168 g/mol. The van der Waals surface area contributed by atoms with E-state index in [9.17, 15) is 0 Å². The van der Waals surface area contributed by atoms with Crippen LogP contribution in [0.5, 0.6) is 0 Å². The van der Waals surface area contributed by atoms with Crippen molar-refractivity contribution in [3.8, 4) is 0 Å². The van der Waals surface area contributed by atoms with Crippen molar-refractivity contribution < 1.29 is 4.74 Å². The summed E-state index contributed by atoms with van der Waals surface area (Å²) in [5.41, 5.74) is 1.49. The summed E-state index contributed by atoms with van der Waals surface area (Å²) in [6, 6.07) is 1.28. The Morgan fingerprint density at radius 1 is 1.45 bits per heavy atom. The number of ether oxygens (including phenoxy) is 1. The number of rotatable bonds is 2. The highest BCUT2D eigenvalue weighted by atomic mass is 28.1. The van der Waals surface area contributed by atoms with Crippen LogP contribution in [0.1, 0.15) is 19.3 Å². The number of fused-ring (bicyclic) bond motifs is 1. The summed E-state index contributed by atoms with van der Waals surface area (Å²) in [5.74, 6) is 0.802. The van der Waals surface area contributed by atoms with Crippen LogP contribution in [0.25, 0.3) is 0 Å². The van der Waals surface area contributed by atoms with Crippen LogP contribution < -0.4 is 0 Å². The Kier molecular flexibility index (Phi) is 1.89. The maximum atomic E-state index is 5.47. The van der Waals surface area contributed by atoms with E-state index in [0.717, 1.165) is 5.92 Å². The highest BCUT2D eigenvalue weighted by molar-refractivity contribution is 6.10. The Hall–Kier alpha value is -0.0831. The molecule has 0 aromatic carbocycles. The van der Waals surface area contributed by atoms with Gasteiger partial charge in [-0.05, 0) is 31.2 Å². The van der Waals surface area contributed by atoms with Gasteiger partial charge in [0.25, 0.3) is 0 Å². The standard InChI is InChI=1S/C9H16OSi/c1-6(5-11)7-2-3-8-9(4-7)10-8/h7-9H,1-5H2,11H3. The molecule has 1 saturated carbocycles. The number of allylic oxidation sites excluding steroid dienone is 1. The summed E-state index contributed by atoms with van der Waals surface area (Å²) < 4.78 is 5.47. The zero-order chi connectivity index (χ0) is 7.84. The lowest BCUT2D eigenvalue weighted by atomic mass is 9.85. The van der Waals surface area contributed by atoms with E-state index in [1.165, 1.54) is 41.1 Å². The van der Waals surface area contributed by atoms with Crippen LogP contribution in [0.3, 0.4) is 0 Å². The van der Waals surface area contributed by atoms with Gasteiger partial charge in [-0.15, -0.1) is 0 Å². The van der Waals surface area contributed by atoms with Gasteiger partial charge in [-0.2, -0.15) is 0 Å². The molecule has 0 bridgehead atoms. The molecule has 0 amide bonds. The van der Waals surface area contributed by atoms with Gasteiger partial charge in [0.15, 0.2) is 0 Å². The van der Waals surface area contributed by atoms with Gasteiger partial charge < -0.3 is 4.74 Å². The zero-order valence-corrected chi connectivity index (χ0v) is 9.18. The molecule has 1 nitrogen and oxygen atoms in total. The minimum atomic E-state index is 0.624. The Balaban J connectivity index is 1.89. The van der Waals surface area contributed by atoms with Crippen LogP contribution in [0.15, 0.2) is 12.2 Å². The van der Waals surface area contributed by atoms with Crippen molar-refractivity contribution in [3.63, 3.8) is 0 Å². The molecule has 1 aliphatic carbocycles. The SMILES string of the molecule is C=C(C[SiH3])C1CCC2OC2C1. The van der Waals surface area contributed by atoms with Crippen LogP contribution in [0.2, 0.25) is 6.04 Å². The smallest absolute Gasteiger partial charge is 0.0847 e. The Morgan fingerprint density at radius 3 is 2.91 bits per heavy atom. The Bertz CT molecular complexity index is 178. The van der Waals surface area contributed by atoms with Crippen molar-refractivity contribution in [3.05, 3.63) is 12.2 Å². The van der Waals surface area contributed by atoms with Crippen LogP contribution >= 0.6 is 0 Å². The van der Waals surface area contributed by atoms with Crippen molar-refractivity contribution in [1.82, 2.24) is 0 Å². The van der Waals surface area contributed by atoms with Crippen LogP contribution in [0.4, 0.5) is 0 Å². The summed E-state index contributed by atoms with van der Waals surface area (Å²) in [5, 5.41) is 0. The molecule has 0 radical (unpaired) electrons. The van der Waals surface area contributed by atoms with E-state index in [4.69, 9.17) is 4.74 Å². The molecule has 2 fully saturated rings. The number of hydrogen-bond donors (Lipinski definition) is 0. The molecule has 1 aliphatic heterocycles. The molecule has 0 N–H and O–H groups in total. The predicted octanol–water partition coefficient (Wildman–Crippen LogP) is 0.894. The molecule has 11 heavy (non-hydrogen) atoms. The third-order valence-electron chi connectivity index (χ3n) is 3.04. The lowest BCUT2D eigenvalue weighted by molar-refractivity contribution is 0.369. The maximum Gasteiger partial charge on any atom is 0.0847 e. The van der Waals surface area contributed by atoms with Crippen LogP contribution in [-0.4, -0.2) is 22.5 Å². The first-order chi connectivity index (χ1) is 5.31. The van der Waals surface area contributed by atoms with Gasteiger partial charge in [-0.1, -0.05) is 12.2 Å². The van der Waals surface area contributed by atoms with Crippen molar-refractivity contribution in [2.45, 2.75) is 37.5 Å². The molecule has 0 spiro atoms. The second-order valence-electron chi connectivity index (χ2n) is 3.73. The average Bonchev–Trinajstić information content (AvgIpc) is 2.80. The van der Waals surface area contributed by atoms with E-state index >= 15 is 0 Å². The van der Waals surface area contributed by atoms with Crippen LogP contribution in [-0.2, 0) is 4.74 Å². The zero-order valence-electron chi connectivity index (χ0n) is 7.18. The fraction of sp³-hybridized carbons (Fsp3) is 0.778. The molecule has 3 atom stereocenters.